The zero-order valence-corrected chi connectivity index (χ0v) is 11.6. The molecule has 1 aliphatic rings. The van der Waals surface area contributed by atoms with E-state index in [1.54, 1.807) is 6.07 Å². The van der Waals surface area contributed by atoms with Crippen molar-refractivity contribution in [3.8, 4) is 0 Å². The Morgan fingerprint density at radius 2 is 2.20 bits per heavy atom. The van der Waals surface area contributed by atoms with Crippen molar-refractivity contribution in [3.63, 3.8) is 0 Å². The Hall–Kier alpha value is -2.11. The molecule has 1 unspecified atom stereocenters. The number of carbonyl (C=O) groups is 1. The van der Waals surface area contributed by atoms with E-state index in [2.05, 4.69) is 18.7 Å². The van der Waals surface area contributed by atoms with Gasteiger partial charge in [0.15, 0.2) is 0 Å². The van der Waals surface area contributed by atoms with Gasteiger partial charge in [0.1, 0.15) is 5.56 Å². The van der Waals surface area contributed by atoms with Crippen LogP contribution in [0.25, 0.3) is 0 Å². The minimum absolute atomic E-state index is 0.265. The van der Waals surface area contributed by atoms with Gasteiger partial charge in [0, 0.05) is 24.8 Å². The lowest BCUT2D eigenvalue weighted by Crippen LogP contribution is -2.21. The predicted molar refractivity (Wildman–Crippen MR) is 75.2 cm³/mol. The smallest absolute Gasteiger partial charge is 0.342 e. The summed E-state index contributed by atoms with van der Waals surface area (Å²) in [6.45, 7) is 6.06. The molecule has 20 heavy (non-hydrogen) atoms. The molecule has 1 aromatic carbocycles. The molecule has 108 valence electrons. The van der Waals surface area contributed by atoms with Crippen molar-refractivity contribution in [2.75, 3.05) is 18.0 Å². The molecule has 1 aromatic rings. The Labute approximate surface area is 117 Å². The zero-order chi connectivity index (χ0) is 14.9. The van der Waals surface area contributed by atoms with Crippen LogP contribution in [0.15, 0.2) is 18.2 Å². The highest BCUT2D eigenvalue weighted by molar-refractivity contribution is 5.93. The van der Waals surface area contributed by atoms with E-state index < -0.39 is 10.9 Å². The van der Waals surface area contributed by atoms with Crippen LogP contribution in [-0.2, 0) is 0 Å². The molecule has 0 aromatic heterocycles. The van der Waals surface area contributed by atoms with Gasteiger partial charge < -0.3 is 10.0 Å². The maximum atomic E-state index is 11.0. The Bertz CT molecular complexity index is 542. The molecule has 0 aliphatic carbocycles. The van der Waals surface area contributed by atoms with E-state index in [0.29, 0.717) is 11.8 Å². The van der Waals surface area contributed by atoms with E-state index in [1.165, 1.54) is 12.1 Å². The maximum absolute atomic E-state index is 11.0. The number of aromatic carboxylic acids is 1. The summed E-state index contributed by atoms with van der Waals surface area (Å²) >= 11 is 0. The van der Waals surface area contributed by atoms with Crippen LogP contribution < -0.4 is 4.90 Å². The van der Waals surface area contributed by atoms with Gasteiger partial charge in [-0.15, -0.1) is 0 Å². The maximum Gasteiger partial charge on any atom is 0.342 e. The summed E-state index contributed by atoms with van der Waals surface area (Å²) in [6.07, 6.45) is 1.06. The summed E-state index contributed by atoms with van der Waals surface area (Å²) in [4.78, 5) is 23.4. The number of nitrogens with zero attached hydrogens (tertiary/aromatic N) is 2. The fourth-order valence-corrected chi connectivity index (χ4v) is 2.61. The summed E-state index contributed by atoms with van der Waals surface area (Å²) in [5.74, 6) is -0.119. The molecule has 6 nitrogen and oxygen atoms in total. The Balaban J connectivity index is 2.28. The molecule has 1 saturated heterocycles. The number of carboxylic acid groups (broad SMARTS) is 1. The molecule has 1 N–H and O–H groups in total. The summed E-state index contributed by atoms with van der Waals surface area (Å²) in [5.41, 5.74) is 0.117. The van der Waals surface area contributed by atoms with Crippen LogP contribution in [0.2, 0.25) is 0 Å². The molecule has 1 fully saturated rings. The van der Waals surface area contributed by atoms with Crippen molar-refractivity contribution in [3.05, 3.63) is 33.9 Å². The monoisotopic (exact) mass is 278 g/mol. The SMILES string of the molecule is CC(C)C1CCN(c2ccc(C(=O)O)c([N+](=O)[O-])c2)C1. The molecule has 0 radical (unpaired) electrons. The lowest BCUT2D eigenvalue weighted by Gasteiger charge is -2.20. The lowest BCUT2D eigenvalue weighted by atomic mass is 9.95. The van der Waals surface area contributed by atoms with Gasteiger partial charge in [0.05, 0.1) is 4.92 Å². The molecule has 0 saturated carbocycles. The molecule has 0 amide bonds. The third-order valence-electron chi connectivity index (χ3n) is 3.94. The zero-order valence-electron chi connectivity index (χ0n) is 11.6. The second-order valence-corrected chi connectivity index (χ2v) is 5.50. The predicted octanol–water partition coefficient (Wildman–Crippen LogP) is 2.78. The largest absolute Gasteiger partial charge is 0.477 e. The first-order chi connectivity index (χ1) is 9.40. The molecule has 1 heterocycles. The number of benzene rings is 1. The van der Waals surface area contributed by atoms with Crippen LogP contribution >= 0.6 is 0 Å². The van der Waals surface area contributed by atoms with E-state index >= 15 is 0 Å². The van der Waals surface area contributed by atoms with Crippen molar-refractivity contribution in [1.29, 1.82) is 0 Å². The molecule has 1 aliphatic heterocycles. The van der Waals surface area contributed by atoms with Gasteiger partial charge in [0.2, 0.25) is 0 Å². The number of hydrogen-bond acceptors (Lipinski definition) is 4. The minimum atomic E-state index is -1.27. The van der Waals surface area contributed by atoms with E-state index in [9.17, 15) is 14.9 Å². The van der Waals surface area contributed by atoms with Crippen molar-refractivity contribution >= 4 is 17.3 Å². The average molecular weight is 278 g/mol. The van der Waals surface area contributed by atoms with Crippen molar-refractivity contribution in [2.45, 2.75) is 20.3 Å². The number of carboxylic acids is 1. The first-order valence-electron chi connectivity index (χ1n) is 6.67. The highest BCUT2D eigenvalue weighted by Crippen LogP contribution is 2.31. The van der Waals surface area contributed by atoms with Crippen molar-refractivity contribution < 1.29 is 14.8 Å². The minimum Gasteiger partial charge on any atom is -0.477 e. The van der Waals surface area contributed by atoms with Gasteiger partial charge >= 0.3 is 5.97 Å². The number of hydrogen-bond donors (Lipinski definition) is 1. The van der Waals surface area contributed by atoms with E-state index in [0.717, 1.165) is 25.2 Å². The number of rotatable bonds is 4. The van der Waals surface area contributed by atoms with Gasteiger partial charge in [-0.2, -0.15) is 0 Å². The molecule has 0 spiro atoms. The van der Waals surface area contributed by atoms with E-state index in [1.807, 2.05) is 0 Å². The second kappa shape index (κ2) is 5.48. The topological polar surface area (TPSA) is 83.7 Å². The number of nitro groups is 1. The van der Waals surface area contributed by atoms with Crippen LogP contribution in [0.1, 0.15) is 30.6 Å². The standard InChI is InChI=1S/C14H18N2O4/c1-9(2)10-5-6-15(8-10)11-3-4-12(14(17)18)13(7-11)16(19)20/h3-4,7,9-10H,5-6,8H2,1-2H3,(H,17,18). The normalized spacial score (nSPS) is 18.6. The first-order valence-corrected chi connectivity index (χ1v) is 6.67. The van der Waals surface area contributed by atoms with Crippen LogP contribution in [0.4, 0.5) is 11.4 Å². The third kappa shape index (κ3) is 2.74. The quantitative estimate of drug-likeness (QED) is 0.676. The fourth-order valence-electron chi connectivity index (χ4n) is 2.61. The van der Waals surface area contributed by atoms with Gasteiger partial charge in [0.25, 0.3) is 5.69 Å². The van der Waals surface area contributed by atoms with Crippen LogP contribution in [0, 0.1) is 22.0 Å². The van der Waals surface area contributed by atoms with Crippen molar-refractivity contribution in [2.24, 2.45) is 11.8 Å². The average Bonchev–Trinajstić information content (AvgIpc) is 2.87. The summed E-state index contributed by atoms with van der Waals surface area (Å²) < 4.78 is 0. The van der Waals surface area contributed by atoms with Gasteiger partial charge in [-0.25, -0.2) is 4.79 Å². The Morgan fingerprint density at radius 3 is 2.70 bits per heavy atom. The number of nitro benzene ring substituents is 1. The highest BCUT2D eigenvalue weighted by atomic mass is 16.6. The number of anilines is 1. The Kier molecular flexibility index (Phi) is 3.92. The van der Waals surface area contributed by atoms with Crippen LogP contribution in [0.3, 0.4) is 0 Å². The van der Waals surface area contributed by atoms with Crippen molar-refractivity contribution in [1.82, 2.24) is 0 Å². The fraction of sp³-hybridized carbons (Fsp3) is 0.500. The molecule has 1 atom stereocenters. The van der Waals surface area contributed by atoms with E-state index in [-0.39, 0.29) is 11.3 Å². The summed E-state index contributed by atoms with van der Waals surface area (Å²) in [6, 6.07) is 4.34. The van der Waals surface area contributed by atoms with Gasteiger partial charge in [-0.3, -0.25) is 10.1 Å². The van der Waals surface area contributed by atoms with Gasteiger partial charge in [-0.1, -0.05) is 13.8 Å². The molecular weight excluding hydrogens is 260 g/mol. The van der Waals surface area contributed by atoms with Crippen LogP contribution in [0.5, 0.6) is 0 Å². The molecule has 0 bridgehead atoms. The Morgan fingerprint density at radius 1 is 1.50 bits per heavy atom. The highest BCUT2D eigenvalue weighted by Gasteiger charge is 2.27. The van der Waals surface area contributed by atoms with Gasteiger partial charge in [-0.05, 0) is 30.4 Å². The lowest BCUT2D eigenvalue weighted by molar-refractivity contribution is -0.385. The van der Waals surface area contributed by atoms with E-state index in [4.69, 9.17) is 5.11 Å². The molecular formula is C14H18N2O4. The molecule has 6 heteroatoms. The first kappa shape index (κ1) is 14.3. The summed E-state index contributed by atoms with van der Waals surface area (Å²) in [5, 5.41) is 20.0. The second-order valence-electron chi connectivity index (χ2n) is 5.50. The summed E-state index contributed by atoms with van der Waals surface area (Å²) in [7, 11) is 0. The third-order valence-corrected chi connectivity index (χ3v) is 3.94. The van der Waals surface area contributed by atoms with Crippen LogP contribution in [-0.4, -0.2) is 29.1 Å². The molecule has 2 rings (SSSR count).